The average molecular weight is 302 g/mol. The van der Waals surface area contributed by atoms with Gasteiger partial charge in [0.15, 0.2) is 0 Å². The first kappa shape index (κ1) is 15.0. The maximum Gasteiger partial charge on any atom is 0.146 e. The molecule has 2 nitrogen and oxygen atoms in total. The summed E-state index contributed by atoms with van der Waals surface area (Å²) in [4.78, 5) is 2.03. The van der Waals surface area contributed by atoms with Crippen LogP contribution in [-0.2, 0) is 6.42 Å². The van der Waals surface area contributed by atoms with Crippen LogP contribution in [0.3, 0.4) is 0 Å². The Morgan fingerprint density at radius 1 is 1.00 bits per heavy atom. The second-order valence-corrected chi connectivity index (χ2v) is 6.05. The third-order valence-corrected chi connectivity index (χ3v) is 4.20. The molecular formula is C18H20F2N2. The van der Waals surface area contributed by atoms with E-state index in [4.69, 9.17) is 5.73 Å². The first-order chi connectivity index (χ1) is 10.6. The van der Waals surface area contributed by atoms with Crippen molar-refractivity contribution in [3.63, 3.8) is 0 Å². The van der Waals surface area contributed by atoms with Gasteiger partial charge in [0.2, 0.25) is 0 Å². The van der Waals surface area contributed by atoms with Crippen molar-refractivity contribution >= 4 is 5.69 Å². The SMILES string of the molecule is NC1CC(Cc2ccc(F)cc2)CN(c2ccccc2F)C1. The summed E-state index contributed by atoms with van der Waals surface area (Å²) < 4.78 is 27.0. The minimum atomic E-state index is -0.225. The molecule has 2 N–H and O–H groups in total. The Balaban J connectivity index is 1.73. The van der Waals surface area contributed by atoms with Crippen LogP contribution in [0, 0.1) is 17.6 Å². The van der Waals surface area contributed by atoms with E-state index in [0.717, 1.165) is 24.9 Å². The monoisotopic (exact) mass is 302 g/mol. The van der Waals surface area contributed by atoms with E-state index in [1.54, 1.807) is 12.1 Å². The first-order valence-corrected chi connectivity index (χ1v) is 7.61. The molecular weight excluding hydrogens is 282 g/mol. The molecule has 0 amide bonds. The molecule has 0 aromatic heterocycles. The summed E-state index contributed by atoms with van der Waals surface area (Å²) in [6.45, 7) is 1.44. The lowest BCUT2D eigenvalue weighted by atomic mass is 9.88. The number of benzene rings is 2. The zero-order valence-corrected chi connectivity index (χ0v) is 12.4. The van der Waals surface area contributed by atoms with Crippen LogP contribution in [0.2, 0.25) is 0 Å². The van der Waals surface area contributed by atoms with Gasteiger partial charge >= 0.3 is 0 Å². The molecule has 2 aromatic carbocycles. The summed E-state index contributed by atoms with van der Waals surface area (Å²) in [6, 6.07) is 13.4. The topological polar surface area (TPSA) is 29.3 Å². The summed E-state index contributed by atoms with van der Waals surface area (Å²) in [6.07, 6.45) is 1.74. The van der Waals surface area contributed by atoms with E-state index in [9.17, 15) is 8.78 Å². The molecule has 0 spiro atoms. The normalized spacial score (nSPS) is 21.9. The Kier molecular flexibility index (Phi) is 4.39. The quantitative estimate of drug-likeness (QED) is 0.942. The molecule has 0 aliphatic carbocycles. The first-order valence-electron chi connectivity index (χ1n) is 7.61. The van der Waals surface area contributed by atoms with Crippen LogP contribution in [-0.4, -0.2) is 19.1 Å². The number of para-hydroxylation sites is 1. The number of anilines is 1. The number of rotatable bonds is 3. The summed E-state index contributed by atoms with van der Waals surface area (Å²) in [5.41, 5.74) is 7.86. The van der Waals surface area contributed by atoms with Gasteiger partial charge in [-0.15, -0.1) is 0 Å². The van der Waals surface area contributed by atoms with Crippen LogP contribution in [0.15, 0.2) is 48.5 Å². The minimum Gasteiger partial charge on any atom is -0.367 e. The van der Waals surface area contributed by atoms with E-state index in [1.807, 2.05) is 23.1 Å². The van der Waals surface area contributed by atoms with E-state index in [-0.39, 0.29) is 17.7 Å². The lowest BCUT2D eigenvalue weighted by molar-refractivity contribution is 0.372. The second kappa shape index (κ2) is 6.44. The van der Waals surface area contributed by atoms with Gasteiger partial charge in [-0.05, 0) is 48.6 Å². The second-order valence-electron chi connectivity index (χ2n) is 6.05. The minimum absolute atomic E-state index is 0.0267. The van der Waals surface area contributed by atoms with E-state index < -0.39 is 0 Å². The van der Waals surface area contributed by atoms with Gasteiger partial charge in [0.25, 0.3) is 0 Å². The molecule has 1 aliphatic heterocycles. The summed E-state index contributed by atoms with van der Waals surface area (Å²) in [5.74, 6) is -0.0944. The van der Waals surface area contributed by atoms with E-state index in [1.165, 1.54) is 18.2 Å². The largest absolute Gasteiger partial charge is 0.367 e. The van der Waals surface area contributed by atoms with E-state index in [0.29, 0.717) is 18.2 Å². The van der Waals surface area contributed by atoms with Gasteiger partial charge < -0.3 is 10.6 Å². The summed E-state index contributed by atoms with van der Waals surface area (Å²) >= 11 is 0. The Hall–Kier alpha value is -1.94. The molecule has 0 bridgehead atoms. The highest BCUT2D eigenvalue weighted by Crippen LogP contribution is 2.27. The molecule has 0 radical (unpaired) electrons. The third-order valence-electron chi connectivity index (χ3n) is 4.20. The van der Waals surface area contributed by atoms with Crippen LogP contribution >= 0.6 is 0 Å². The van der Waals surface area contributed by atoms with Crippen LogP contribution in [0.25, 0.3) is 0 Å². The van der Waals surface area contributed by atoms with Crippen molar-refractivity contribution in [2.75, 3.05) is 18.0 Å². The Morgan fingerprint density at radius 2 is 1.73 bits per heavy atom. The van der Waals surface area contributed by atoms with Crippen molar-refractivity contribution in [2.45, 2.75) is 18.9 Å². The molecule has 2 aromatic rings. The maximum atomic E-state index is 14.0. The van der Waals surface area contributed by atoms with Gasteiger partial charge in [-0.3, -0.25) is 0 Å². The maximum absolute atomic E-state index is 14.0. The number of hydrogen-bond acceptors (Lipinski definition) is 2. The van der Waals surface area contributed by atoms with Crippen LogP contribution in [0.5, 0.6) is 0 Å². The van der Waals surface area contributed by atoms with Gasteiger partial charge in [0, 0.05) is 19.1 Å². The lowest BCUT2D eigenvalue weighted by Gasteiger charge is -2.38. The number of nitrogens with zero attached hydrogens (tertiary/aromatic N) is 1. The zero-order valence-electron chi connectivity index (χ0n) is 12.4. The predicted octanol–water partition coefficient (Wildman–Crippen LogP) is 3.36. The Bertz CT molecular complexity index is 627. The predicted molar refractivity (Wildman–Crippen MR) is 84.8 cm³/mol. The lowest BCUT2D eigenvalue weighted by Crippen LogP contribution is -2.48. The third kappa shape index (κ3) is 3.45. The molecule has 1 aliphatic rings. The van der Waals surface area contributed by atoms with Crippen molar-refractivity contribution in [1.82, 2.24) is 0 Å². The molecule has 0 saturated carbocycles. The molecule has 2 unspecified atom stereocenters. The van der Waals surface area contributed by atoms with Crippen LogP contribution in [0.1, 0.15) is 12.0 Å². The van der Waals surface area contributed by atoms with Gasteiger partial charge in [0.1, 0.15) is 11.6 Å². The zero-order chi connectivity index (χ0) is 15.5. The smallest absolute Gasteiger partial charge is 0.146 e. The van der Waals surface area contributed by atoms with Crippen molar-refractivity contribution in [3.8, 4) is 0 Å². The fourth-order valence-corrected chi connectivity index (χ4v) is 3.25. The fourth-order valence-electron chi connectivity index (χ4n) is 3.25. The highest BCUT2D eigenvalue weighted by atomic mass is 19.1. The molecule has 22 heavy (non-hydrogen) atoms. The van der Waals surface area contributed by atoms with Crippen molar-refractivity contribution in [3.05, 3.63) is 65.7 Å². The standard InChI is InChI=1S/C18H20F2N2/c19-15-7-5-13(6-8-15)9-14-10-16(21)12-22(11-14)18-4-2-1-3-17(18)20/h1-8,14,16H,9-12,21H2. The highest BCUT2D eigenvalue weighted by molar-refractivity contribution is 5.48. The summed E-state index contributed by atoms with van der Waals surface area (Å²) in [7, 11) is 0. The summed E-state index contributed by atoms with van der Waals surface area (Å²) in [5, 5.41) is 0. The number of nitrogens with two attached hydrogens (primary N) is 1. The molecule has 1 heterocycles. The number of piperidine rings is 1. The molecule has 2 atom stereocenters. The average Bonchev–Trinajstić information content (AvgIpc) is 2.49. The van der Waals surface area contributed by atoms with Gasteiger partial charge in [-0.2, -0.15) is 0 Å². The molecule has 1 fully saturated rings. The fraction of sp³-hybridized carbons (Fsp3) is 0.333. The molecule has 4 heteroatoms. The van der Waals surface area contributed by atoms with Gasteiger partial charge in [0.05, 0.1) is 5.69 Å². The highest BCUT2D eigenvalue weighted by Gasteiger charge is 2.26. The van der Waals surface area contributed by atoms with Crippen molar-refractivity contribution in [2.24, 2.45) is 11.7 Å². The van der Waals surface area contributed by atoms with Gasteiger partial charge in [-0.1, -0.05) is 24.3 Å². The van der Waals surface area contributed by atoms with Gasteiger partial charge in [-0.25, -0.2) is 8.78 Å². The molecule has 1 saturated heterocycles. The van der Waals surface area contributed by atoms with Crippen LogP contribution in [0.4, 0.5) is 14.5 Å². The number of halogens is 2. The van der Waals surface area contributed by atoms with E-state index in [2.05, 4.69) is 0 Å². The molecule has 3 rings (SSSR count). The Morgan fingerprint density at radius 3 is 2.45 bits per heavy atom. The van der Waals surface area contributed by atoms with E-state index >= 15 is 0 Å². The van der Waals surface area contributed by atoms with Crippen molar-refractivity contribution in [1.29, 1.82) is 0 Å². The molecule has 116 valence electrons. The van der Waals surface area contributed by atoms with Crippen molar-refractivity contribution < 1.29 is 8.78 Å². The number of hydrogen-bond donors (Lipinski definition) is 1. The van der Waals surface area contributed by atoms with Crippen LogP contribution < -0.4 is 10.6 Å². The Labute approximate surface area is 129 Å².